The number of sulfonamides is 1. The number of benzene rings is 1. The van der Waals surface area contributed by atoms with Crippen LogP contribution in [0.5, 0.6) is 0 Å². The van der Waals surface area contributed by atoms with Crippen molar-refractivity contribution in [2.45, 2.75) is 44.6 Å². The van der Waals surface area contributed by atoms with Crippen LogP contribution in [0.3, 0.4) is 0 Å². The summed E-state index contributed by atoms with van der Waals surface area (Å²) in [5.41, 5.74) is 1.72. The van der Waals surface area contributed by atoms with Crippen molar-refractivity contribution in [2.24, 2.45) is 0 Å². The van der Waals surface area contributed by atoms with E-state index in [1.54, 1.807) is 32.0 Å². The lowest BCUT2D eigenvalue weighted by molar-refractivity contribution is -0.119. The summed E-state index contributed by atoms with van der Waals surface area (Å²) in [6.45, 7) is 5.26. The minimum Gasteiger partial charge on any atom is -0.360 e. The molecule has 1 atom stereocenters. The largest absolute Gasteiger partial charge is 0.360 e. The van der Waals surface area contributed by atoms with Gasteiger partial charge < -0.3 is 9.84 Å². The highest BCUT2D eigenvalue weighted by atomic mass is 35.5. The Morgan fingerprint density at radius 3 is 2.69 bits per heavy atom. The smallest absolute Gasteiger partial charge is 0.249 e. The summed E-state index contributed by atoms with van der Waals surface area (Å²) in [6, 6.07) is 4.40. The number of amides is 1. The normalized spacial score (nSPS) is 18.2. The number of carbonyl (C=O) groups is 1. The van der Waals surface area contributed by atoms with E-state index in [1.165, 1.54) is 4.31 Å². The molecule has 140 valence electrons. The third-order valence-electron chi connectivity index (χ3n) is 4.48. The fourth-order valence-electron chi connectivity index (χ4n) is 3.15. The number of aromatic nitrogens is 1. The molecule has 26 heavy (non-hydrogen) atoms. The van der Waals surface area contributed by atoms with Crippen LogP contribution in [0, 0.1) is 20.8 Å². The van der Waals surface area contributed by atoms with Crippen molar-refractivity contribution in [3.05, 3.63) is 40.2 Å². The highest BCUT2D eigenvalue weighted by Gasteiger charge is 2.41. The summed E-state index contributed by atoms with van der Waals surface area (Å²) in [4.78, 5) is 12.7. The van der Waals surface area contributed by atoms with E-state index >= 15 is 0 Å². The Kier molecular flexibility index (Phi) is 5.09. The molecule has 0 aliphatic carbocycles. The van der Waals surface area contributed by atoms with E-state index in [0.29, 0.717) is 29.2 Å². The van der Waals surface area contributed by atoms with Gasteiger partial charge in [-0.1, -0.05) is 22.8 Å². The van der Waals surface area contributed by atoms with Crippen LogP contribution in [0.25, 0.3) is 0 Å². The van der Waals surface area contributed by atoms with E-state index in [4.69, 9.17) is 16.1 Å². The molecule has 1 saturated heterocycles. The summed E-state index contributed by atoms with van der Waals surface area (Å²) in [5, 5.41) is 7.01. The van der Waals surface area contributed by atoms with Gasteiger partial charge in [-0.25, -0.2) is 8.42 Å². The van der Waals surface area contributed by atoms with E-state index in [0.717, 1.165) is 5.56 Å². The Bertz CT molecular complexity index is 935. The van der Waals surface area contributed by atoms with Crippen molar-refractivity contribution in [1.82, 2.24) is 9.46 Å². The highest BCUT2D eigenvalue weighted by molar-refractivity contribution is 7.89. The van der Waals surface area contributed by atoms with Crippen LogP contribution in [0.15, 0.2) is 27.6 Å². The monoisotopic (exact) mass is 397 g/mol. The molecule has 2 aromatic rings. The molecule has 1 aromatic carbocycles. The Balaban J connectivity index is 1.85. The van der Waals surface area contributed by atoms with Gasteiger partial charge in [0.05, 0.1) is 0 Å². The lowest BCUT2D eigenvalue weighted by Crippen LogP contribution is -2.43. The molecule has 9 heteroatoms. The second kappa shape index (κ2) is 7.02. The predicted molar refractivity (Wildman–Crippen MR) is 97.7 cm³/mol. The molecule has 0 bridgehead atoms. The molecule has 1 amide bonds. The van der Waals surface area contributed by atoms with Crippen LogP contribution < -0.4 is 5.32 Å². The van der Waals surface area contributed by atoms with E-state index < -0.39 is 16.1 Å². The molecule has 7 nitrogen and oxygen atoms in total. The summed E-state index contributed by atoms with van der Waals surface area (Å²) < 4.78 is 32.3. The van der Waals surface area contributed by atoms with Gasteiger partial charge in [0, 0.05) is 17.3 Å². The van der Waals surface area contributed by atoms with Crippen molar-refractivity contribution in [1.29, 1.82) is 0 Å². The molecule has 0 saturated carbocycles. The maximum Gasteiger partial charge on any atom is 0.249 e. The Labute approximate surface area is 157 Å². The number of aryl methyl sites for hydroxylation is 3. The number of anilines is 1. The van der Waals surface area contributed by atoms with Crippen LogP contribution >= 0.6 is 11.6 Å². The number of nitrogens with zero attached hydrogens (tertiary/aromatic N) is 2. The van der Waals surface area contributed by atoms with Crippen LogP contribution in [-0.4, -0.2) is 36.4 Å². The Morgan fingerprint density at radius 1 is 1.35 bits per heavy atom. The number of nitrogens with one attached hydrogen (secondary N) is 1. The summed E-state index contributed by atoms with van der Waals surface area (Å²) in [5.74, 6) is -0.156. The molecule has 0 spiro atoms. The number of rotatable bonds is 4. The van der Waals surface area contributed by atoms with Crippen LogP contribution in [-0.2, 0) is 14.8 Å². The SMILES string of the molecule is Cc1ccc(NC(=O)[C@H]2CCCN2S(=O)(=O)c2c(C)noc2C)cc1Cl. The second-order valence-corrected chi connectivity index (χ2v) is 8.61. The fraction of sp³-hybridized carbons (Fsp3) is 0.412. The van der Waals surface area contributed by atoms with Gasteiger partial charge in [0.25, 0.3) is 0 Å². The van der Waals surface area contributed by atoms with Crippen LogP contribution in [0.4, 0.5) is 5.69 Å². The van der Waals surface area contributed by atoms with Crippen molar-refractivity contribution >= 4 is 33.2 Å². The quantitative estimate of drug-likeness (QED) is 0.855. The maximum absolute atomic E-state index is 13.0. The first-order chi connectivity index (χ1) is 12.2. The van der Waals surface area contributed by atoms with Gasteiger partial charge >= 0.3 is 0 Å². The van der Waals surface area contributed by atoms with Crippen LogP contribution in [0.1, 0.15) is 29.9 Å². The Hall–Kier alpha value is -1.90. The fourth-order valence-corrected chi connectivity index (χ4v) is 5.28. The maximum atomic E-state index is 13.0. The predicted octanol–water partition coefficient (Wildman–Crippen LogP) is 3.05. The number of halogens is 1. The molecule has 3 rings (SSSR count). The van der Waals surface area contributed by atoms with Gasteiger partial charge in [-0.2, -0.15) is 4.31 Å². The first-order valence-electron chi connectivity index (χ1n) is 8.23. The number of carbonyl (C=O) groups excluding carboxylic acids is 1. The van der Waals surface area contributed by atoms with E-state index in [2.05, 4.69) is 10.5 Å². The average Bonchev–Trinajstić information content (AvgIpc) is 3.18. The zero-order chi connectivity index (χ0) is 19.1. The molecule has 1 aliphatic heterocycles. The molecular weight excluding hydrogens is 378 g/mol. The molecule has 1 N–H and O–H groups in total. The standard InChI is InChI=1S/C17H20ClN3O4S/c1-10-6-7-13(9-14(10)18)19-17(22)15-5-4-8-21(15)26(23,24)16-11(2)20-25-12(16)3/h6-7,9,15H,4-5,8H2,1-3H3,(H,19,22)/t15-/m1/s1. The molecule has 1 aliphatic rings. The first-order valence-corrected chi connectivity index (χ1v) is 10.1. The topological polar surface area (TPSA) is 92.5 Å². The van der Waals surface area contributed by atoms with Crippen molar-refractivity contribution in [2.75, 3.05) is 11.9 Å². The Morgan fingerprint density at radius 2 is 2.08 bits per heavy atom. The molecule has 1 aromatic heterocycles. The van der Waals surface area contributed by atoms with Gasteiger partial charge in [0.2, 0.25) is 15.9 Å². The zero-order valence-electron chi connectivity index (χ0n) is 14.7. The highest BCUT2D eigenvalue weighted by Crippen LogP contribution is 2.30. The number of hydrogen-bond acceptors (Lipinski definition) is 5. The van der Waals surface area contributed by atoms with Gasteiger partial charge in [0.15, 0.2) is 5.76 Å². The minimum absolute atomic E-state index is 0.0376. The zero-order valence-corrected chi connectivity index (χ0v) is 16.3. The molecule has 0 unspecified atom stereocenters. The first kappa shape index (κ1) is 18.9. The van der Waals surface area contributed by atoms with Crippen LogP contribution in [0.2, 0.25) is 5.02 Å². The number of hydrogen-bond donors (Lipinski definition) is 1. The third-order valence-corrected chi connectivity index (χ3v) is 7.04. The minimum atomic E-state index is -3.87. The van der Waals surface area contributed by atoms with Crippen molar-refractivity contribution in [3.8, 4) is 0 Å². The third kappa shape index (κ3) is 3.36. The van der Waals surface area contributed by atoms with Crippen molar-refractivity contribution in [3.63, 3.8) is 0 Å². The molecule has 1 fully saturated rings. The molecular formula is C17H20ClN3O4S. The van der Waals surface area contributed by atoms with Gasteiger partial charge in [0.1, 0.15) is 16.6 Å². The lowest BCUT2D eigenvalue weighted by Gasteiger charge is -2.23. The average molecular weight is 398 g/mol. The summed E-state index contributed by atoms with van der Waals surface area (Å²) >= 11 is 6.09. The summed E-state index contributed by atoms with van der Waals surface area (Å²) in [6.07, 6.45) is 1.06. The van der Waals surface area contributed by atoms with Crippen molar-refractivity contribution < 1.29 is 17.7 Å². The van der Waals surface area contributed by atoms with Gasteiger partial charge in [-0.15, -0.1) is 0 Å². The van der Waals surface area contributed by atoms with Gasteiger partial charge in [-0.3, -0.25) is 4.79 Å². The second-order valence-electron chi connectivity index (χ2n) is 6.38. The summed E-state index contributed by atoms with van der Waals surface area (Å²) in [7, 11) is -3.87. The van der Waals surface area contributed by atoms with Gasteiger partial charge in [-0.05, 0) is 51.3 Å². The van der Waals surface area contributed by atoms with E-state index in [9.17, 15) is 13.2 Å². The van der Waals surface area contributed by atoms with E-state index in [-0.39, 0.29) is 23.1 Å². The molecule has 0 radical (unpaired) electrons. The van der Waals surface area contributed by atoms with E-state index in [1.807, 2.05) is 6.92 Å². The molecule has 2 heterocycles. The lowest BCUT2D eigenvalue weighted by atomic mass is 10.2.